The number of halogens is 1. The summed E-state index contributed by atoms with van der Waals surface area (Å²) in [6.07, 6.45) is 3.31. The van der Waals surface area contributed by atoms with Crippen molar-refractivity contribution in [2.45, 2.75) is 18.2 Å². The van der Waals surface area contributed by atoms with E-state index in [1.54, 1.807) is 32.6 Å². The zero-order chi connectivity index (χ0) is 16.3. The minimum atomic E-state index is -3.73. The fraction of sp³-hybridized carbons (Fsp3) is 0.571. The first-order valence-corrected chi connectivity index (χ1v) is 8.68. The first kappa shape index (κ1) is 19.8. The summed E-state index contributed by atoms with van der Waals surface area (Å²) in [6, 6.07) is 3.29. The number of aromatic nitrogens is 1. The highest BCUT2D eigenvalue weighted by Crippen LogP contribution is 2.26. The summed E-state index contributed by atoms with van der Waals surface area (Å²) < 4.78 is 27.1. The third-order valence-electron chi connectivity index (χ3n) is 3.83. The van der Waals surface area contributed by atoms with Crippen LogP contribution in [0, 0.1) is 0 Å². The molecule has 0 radical (unpaired) electrons. The smallest absolute Gasteiger partial charge is 0.241 e. The van der Waals surface area contributed by atoms with Gasteiger partial charge in [-0.1, -0.05) is 6.07 Å². The number of rotatable bonds is 4. The van der Waals surface area contributed by atoms with Crippen LogP contribution in [0.5, 0.6) is 0 Å². The fourth-order valence-corrected chi connectivity index (χ4v) is 4.31. The van der Waals surface area contributed by atoms with Gasteiger partial charge in [-0.2, -0.15) is 4.31 Å². The van der Waals surface area contributed by atoms with Gasteiger partial charge in [-0.3, -0.25) is 9.78 Å². The van der Waals surface area contributed by atoms with Gasteiger partial charge >= 0.3 is 0 Å². The maximum atomic E-state index is 12.8. The highest BCUT2D eigenvalue weighted by molar-refractivity contribution is 7.90. The minimum Gasteiger partial charge on any atom is -0.348 e. The van der Waals surface area contributed by atoms with Crippen LogP contribution < -0.4 is 5.32 Å². The zero-order valence-corrected chi connectivity index (χ0v) is 15.1. The van der Waals surface area contributed by atoms with Crippen LogP contribution >= 0.6 is 12.4 Å². The van der Waals surface area contributed by atoms with Gasteiger partial charge in [0, 0.05) is 46.1 Å². The van der Waals surface area contributed by atoms with Crippen LogP contribution in [-0.2, 0) is 14.8 Å². The molecule has 1 aromatic heterocycles. The van der Waals surface area contributed by atoms with E-state index >= 15 is 0 Å². The minimum absolute atomic E-state index is 0. The number of nitrogens with one attached hydrogen (secondary N) is 1. The first-order valence-electron chi connectivity index (χ1n) is 7.18. The van der Waals surface area contributed by atoms with Crippen molar-refractivity contribution in [2.24, 2.45) is 0 Å². The Morgan fingerprint density at radius 3 is 2.74 bits per heavy atom. The normalized spacial score (nSPS) is 20.4. The van der Waals surface area contributed by atoms with E-state index in [9.17, 15) is 13.2 Å². The molecule has 130 valence electrons. The third kappa shape index (κ3) is 4.20. The van der Waals surface area contributed by atoms with Crippen molar-refractivity contribution in [3.63, 3.8) is 0 Å². The van der Waals surface area contributed by atoms with Crippen LogP contribution in [0.2, 0.25) is 0 Å². The largest absolute Gasteiger partial charge is 0.348 e. The van der Waals surface area contributed by atoms with E-state index in [0.29, 0.717) is 19.6 Å². The number of hydrogen-bond acceptors (Lipinski definition) is 5. The Hall–Kier alpha value is -1.22. The molecule has 0 aliphatic carbocycles. The van der Waals surface area contributed by atoms with E-state index in [4.69, 9.17) is 0 Å². The van der Waals surface area contributed by atoms with Crippen LogP contribution in [0.1, 0.15) is 18.5 Å². The molecule has 1 fully saturated rings. The molecule has 0 aromatic carbocycles. The second-order valence-corrected chi connectivity index (χ2v) is 7.74. The Balaban J connectivity index is 0.00000264. The fourth-order valence-electron chi connectivity index (χ4n) is 2.54. The standard InChI is InChI=1S/C14H22N4O3S.ClH/c1-11(14(19)17(2)3)22(20,21)18-8-7-16-10-13(18)12-5-4-6-15-9-12;/h4-6,9,11,13,16H,7-8,10H2,1-3H3;1H. The zero-order valence-electron chi connectivity index (χ0n) is 13.5. The number of sulfonamides is 1. The van der Waals surface area contributed by atoms with Gasteiger partial charge in [-0.05, 0) is 18.6 Å². The van der Waals surface area contributed by atoms with Crippen molar-refractivity contribution in [1.29, 1.82) is 0 Å². The monoisotopic (exact) mass is 362 g/mol. The van der Waals surface area contributed by atoms with Gasteiger partial charge in [0.15, 0.2) is 5.25 Å². The lowest BCUT2D eigenvalue weighted by atomic mass is 10.1. The molecule has 2 rings (SSSR count). The van der Waals surface area contributed by atoms with Gasteiger partial charge in [0.2, 0.25) is 15.9 Å². The molecule has 1 aliphatic heterocycles. The molecule has 1 saturated heterocycles. The molecule has 2 unspecified atom stereocenters. The molecule has 9 heteroatoms. The molecule has 2 heterocycles. The number of pyridine rings is 1. The topological polar surface area (TPSA) is 82.6 Å². The van der Waals surface area contributed by atoms with Crippen molar-refractivity contribution < 1.29 is 13.2 Å². The molecule has 1 aromatic rings. The van der Waals surface area contributed by atoms with Crippen LogP contribution in [0.4, 0.5) is 0 Å². The summed E-state index contributed by atoms with van der Waals surface area (Å²) in [5.74, 6) is -0.413. The number of piperazine rings is 1. The summed E-state index contributed by atoms with van der Waals surface area (Å²) in [5.41, 5.74) is 0.822. The summed E-state index contributed by atoms with van der Waals surface area (Å²) in [6.45, 7) is 2.86. The van der Waals surface area contributed by atoms with Crippen LogP contribution in [0.25, 0.3) is 0 Å². The lowest BCUT2D eigenvalue weighted by Gasteiger charge is -2.37. The van der Waals surface area contributed by atoms with Gasteiger partial charge < -0.3 is 10.2 Å². The molecule has 1 amide bonds. The average molecular weight is 363 g/mol. The highest BCUT2D eigenvalue weighted by atomic mass is 35.5. The van der Waals surface area contributed by atoms with E-state index in [1.807, 2.05) is 6.07 Å². The molecule has 1 N–H and O–H groups in total. The van der Waals surface area contributed by atoms with Crippen LogP contribution in [-0.4, -0.2) is 67.5 Å². The van der Waals surface area contributed by atoms with Gasteiger partial charge in [-0.15, -0.1) is 12.4 Å². The Labute approximate surface area is 143 Å². The summed E-state index contributed by atoms with van der Waals surface area (Å²) >= 11 is 0. The predicted molar refractivity (Wildman–Crippen MR) is 90.9 cm³/mol. The van der Waals surface area contributed by atoms with Crippen molar-refractivity contribution in [1.82, 2.24) is 19.5 Å². The number of carbonyl (C=O) groups excluding carboxylic acids is 1. The molecule has 2 atom stereocenters. The Bertz CT molecular complexity index is 624. The predicted octanol–water partition coefficient (Wildman–Crippen LogP) is 0.256. The highest BCUT2D eigenvalue weighted by Gasteiger charge is 2.40. The number of hydrogen-bond donors (Lipinski definition) is 1. The Morgan fingerprint density at radius 2 is 2.17 bits per heavy atom. The lowest BCUT2D eigenvalue weighted by molar-refractivity contribution is -0.128. The van der Waals surface area contributed by atoms with Crippen molar-refractivity contribution >= 4 is 28.3 Å². The SMILES string of the molecule is CC(C(=O)N(C)C)S(=O)(=O)N1CCNCC1c1cccnc1.Cl. The molecular formula is C14H23ClN4O3S. The molecule has 0 spiro atoms. The van der Waals surface area contributed by atoms with E-state index in [0.717, 1.165) is 5.56 Å². The van der Waals surface area contributed by atoms with Gasteiger partial charge in [0.25, 0.3) is 0 Å². The van der Waals surface area contributed by atoms with Crippen molar-refractivity contribution in [2.75, 3.05) is 33.7 Å². The number of carbonyl (C=O) groups is 1. The maximum absolute atomic E-state index is 12.8. The molecule has 23 heavy (non-hydrogen) atoms. The molecule has 0 bridgehead atoms. The third-order valence-corrected chi connectivity index (χ3v) is 6.01. The summed E-state index contributed by atoms with van der Waals surface area (Å²) in [4.78, 5) is 17.4. The average Bonchev–Trinajstić information content (AvgIpc) is 2.54. The lowest BCUT2D eigenvalue weighted by Crippen LogP contribution is -2.53. The van der Waals surface area contributed by atoms with Crippen molar-refractivity contribution in [3.05, 3.63) is 30.1 Å². The summed E-state index contributed by atoms with van der Waals surface area (Å²) in [5, 5.41) is 2.10. The quantitative estimate of drug-likeness (QED) is 0.830. The summed E-state index contributed by atoms with van der Waals surface area (Å²) in [7, 11) is -0.609. The molecular weight excluding hydrogens is 340 g/mol. The second kappa shape index (κ2) is 8.05. The molecule has 0 saturated carbocycles. The van der Waals surface area contributed by atoms with E-state index in [1.165, 1.54) is 16.1 Å². The van der Waals surface area contributed by atoms with E-state index < -0.39 is 21.2 Å². The maximum Gasteiger partial charge on any atom is 0.241 e. The van der Waals surface area contributed by atoms with E-state index in [2.05, 4.69) is 10.3 Å². The van der Waals surface area contributed by atoms with E-state index in [-0.39, 0.29) is 18.4 Å². The number of nitrogens with zero attached hydrogens (tertiary/aromatic N) is 3. The first-order chi connectivity index (χ1) is 10.4. The van der Waals surface area contributed by atoms with Gasteiger partial charge in [0.1, 0.15) is 0 Å². The molecule has 7 nitrogen and oxygen atoms in total. The van der Waals surface area contributed by atoms with Crippen molar-refractivity contribution in [3.8, 4) is 0 Å². The van der Waals surface area contributed by atoms with Gasteiger partial charge in [0.05, 0.1) is 6.04 Å². The number of amides is 1. The second-order valence-electron chi connectivity index (χ2n) is 5.54. The molecule has 1 aliphatic rings. The Morgan fingerprint density at radius 1 is 1.48 bits per heavy atom. The Kier molecular flexibility index (Phi) is 6.94. The van der Waals surface area contributed by atoms with Gasteiger partial charge in [-0.25, -0.2) is 8.42 Å². The van der Waals surface area contributed by atoms with Crippen LogP contribution in [0.3, 0.4) is 0 Å². The van der Waals surface area contributed by atoms with Crippen LogP contribution in [0.15, 0.2) is 24.5 Å².